The van der Waals surface area contributed by atoms with Crippen molar-refractivity contribution in [1.29, 1.82) is 0 Å². The number of benzene rings is 2. The summed E-state index contributed by atoms with van der Waals surface area (Å²) in [5, 5.41) is 0.753. The number of hydrogen-bond donors (Lipinski definition) is 0. The van der Waals surface area contributed by atoms with Gasteiger partial charge in [-0.25, -0.2) is 0 Å². The minimum Gasteiger partial charge on any atom is -0.0843 e. The first kappa shape index (κ1) is 9.29. The molecular weight excluding hydrogens is 192 g/mol. The average molecular weight is 201 g/mol. The molecule has 68 valence electrons. The van der Waals surface area contributed by atoms with Crippen LogP contribution in [-0.2, 0) is 0 Å². The Hall–Kier alpha value is -1.27. The van der Waals surface area contributed by atoms with Crippen molar-refractivity contribution in [3.05, 3.63) is 77.2 Å². The fourth-order valence-corrected chi connectivity index (χ4v) is 1.35. The smallest absolute Gasteiger partial charge is 0.0501 e. The highest BCUT2D eigenvalue weighted by molar-refractivity contribution is 6.30. The zero-order valence-electron chi connectivity index (χ0n) is 7.57. The van der Waals surface area contributed by atoms with Crippen LogP contribution in [0.25, 0.3) is 0 Å². The van der Waals surface area contributed by atoms with E-state index in [0.717, 1.165) is 16.1 Å². The first-order chi connectivity index (χ1) is 6.84. The molecule has 1 heteroatoms. The SMILES string of the molecule is Clc1ccc([C]c2ccccc2)cc1. The van der Waals surface area contributed by atoms with Crippen LogP contribution >= 0.6 is 11.6 Å². The largest absolute Gasteiger partial charge is 0.0843 e. The van der Waals surface area contributed by atoms with Gasteiger partial charge in [-0.1, -0.05) is 54.1 Å². The lowest BCUT2D eigenvalue weighted by Crippen LogP contribution is -1.83. The number of halogens is 1. The van der Waals surface area contributed by atoms with Gasteiger partial charge in [0.05, 0.1) is 6.42 Å². The first-order valence-electron chi connectivity index (χ1n) is 4.42. The van der Waals surface area contributed by atoms with Gasteiger partial charge in [0.2, 0.25) is 0 Å². The zero-order chi connectivity index (χ0) is 9.80. The highest BCUT2D eigenvalue weighted by Gasteiger charge is 1.96. The summed E-state index contributed by atoms with van der Waals surface area (Å²) >= 11 is 5.79. The fourth-order valence-electron chi connectivity index (χ4n) is 1.22. The van der Waals surface area contributed by atoms with Crippen LogP contribution in [-0.4, -0.2) is 0 Å². The molecule has 2 radical (unpaired) electrons. The molecule has 0 atom stereocenters. The van der Waals surface area contributed by atoms with Crippen molar-refractivity contribution >= 4 is 11.6 Å². The van der Waals surface area contributed by atoms with Gasteiger partial charge in [-0.2, -0.15) is 0 Å². The molecule has 0 spiro atoms. The molecule has 2 rings (SSSR count). The van der Waals surface area contributed by atoms with Crippen molar-refractivity contribution in [3.8, 4) is 0 Å². The summed E-state index contributed by atoms with van der Waals surface area (Å²) in [4.78, 5) is 0. The van der Waals surface area contributed by atoms with Crippen molar-refractivity contribution in [1.82, 2.24) is 0 Å². The van der Waals surface area contributed by atoms with Gasteiger partial charge >= 0.3 is 0 Å². The summed E-state index contributed by atoms with van der Waals surface area (Å²) in [7, 11) is 0. The molecule has 2 aromatic carbocycles. The molecule has 0 nitrogen and oxygen atoms in total. The number of hydrogen-bond acceptors (Lipinski definition) is 0. The van der Waals surface area contributed by atoms with Crippen molar-refractivity contribution < 1.29 is 0 Å². The van der Waals surface area contributed by atoms with Crippen LogP contribution in [0.3, 0.4) is 0 Å². The van der Waals surface area contributed by atoms with E-state index in [1.54, 1.807) is 0 Å². The molecule has 0 saturated heterocycles. The van der Waals surface area contributed by atoms with E-state index in [-0.39, 0.29) is 0 Å². The quantitative estimate of drug-likeness (QED) is 0.692. The zero-order valence-corrected chi connectivity index (χ0v) is 8.33. The van der Waals surface area contributed by atoms with Gasteiger partial charge in [0.25, 0.3) is 0 Å². The predicted octanol–water partition coefficient (Wildman–Crippen LogP) is 3.82. The molecule has 0 unspecified atom stereocenters. The monoisotopic (exact) mass is 200 g/mol. The molecule has 0 heterocycles. The van der Waals surface area contributed by atoms with Gasteiger partial charge in [0.15, 0.2) is 0 Å². The summed E-state index contributed by atoms with van der Waals surface area (Å²) in [6.07, 6.45) is 3.27. The second-order valence-electron chi connectivity index (χ2n) is 3.00. The summed E-state index contributed by atoms with van der Waals surface area (Å²) in [5.74, 6) is 0. The standard InChI is InChI=1S/C13H9Cl/c14-13-8-6-12(7-9-13)10-11-4-2-1-3-5-11/h1-9H. The summed E-state index contributed by atoms with van der Waals surface area (Å²) < 4.78 is 0. The normalized spacial score (nSPS) is 10.1. The van der Waals surface area contributed by atoms with Crippen LogP contribution < -0.4 is 0 Å². The predicted molar refractivity (Wildman–Crippen MR) is 59.3 cm³/mol. The van der Waals surface area contributed by atoms with Crippen LogP contribution in [0.5, 0.6) is 0 Å². The van der Waals surface area contributed by atoms with Crippen LogP contribution in [0.1, 0.15) is 11.1 Å². The van der Waals surface area contributed by atoms with Crippen molar-refractivity contribution in [3.63, 3.8) is 0 Å². The van der Waals surface area contributed by atoms with E-state index in [1.807, 2.05) is 54.6 Å². The Morgan fingerprint density at radius 3 is 1.93 bits per heavy atom. The minimum absolute atomic E-state index is 0.753. The van der Waals surface area contributed by atoms with Crippen molar-refractivity contribution in [2.45, 2.75) is 0 Å². The van der Waals surface area contributed by atoms with Crippen LogP contribution in [0.4, 0.5) is 0 Å². The molecular formula is C13H9Cl. The van der Waals surface area contributed by atoms with Crippen molar-refractivity contribution in [2.24, 2.45) is 0 Å². The lowest BCUT2D eigenvalue weighted by Gasteiger charge is -1.99. The average Bonchev–Trinajstić information content (AvgIpc) is 2.23. The highest BCUT2D eigenvalue weighted by atomic mass is 35.5. The lowest BCUT2D eigenvalue weighted by molar-refractivity contribution is 1.43. The Balaban J connectivity index is 2.16. The molecule has 0 amide bonds. The molecule has 0 aliphatic rings. The Morgan fingerprint density at radius 1 is 0.714 bits per heavy atom. The first-order valence-corrected chi connectivity index (χ1v) is 4.80. The minimum atomic E-state index is 0.753. The molecule has 0 N–H and O–H groups in total. The Kier molecular flexibility index (Phi) is 2.85. The number of rotatable bonds is 2. The van der Waals surface area contributed by atoms with E-state index in [9.17, 15) is 0 Å². The maximum atomic E-state index is 5.79. The Morgan fingerprint density at radius 2 is 1.29 bits per heavy atom. The summed E-state index contributed by atoms with van der Waals surface area (Å²) in [5.41, 5.74) is 2.12. The van der Waals surface area contributed by atoms with Crippen LogP contribution in [0, 0.1) is 6.42 Å². The fraction of sp³-hybridized carbons (Fsp3) is 0. The van der Waals surface area contributed by atoms with E-state index in [2.05, 4.69) is 6.42 Å². The molecule has 2 aromatic rings. The van der Waals surface area contributed by atoms with Gasteiger partial charge < -0.3 is 0 Å². The second kappa shape index (κ2) is 4.30. The molecule has 0 aliphatic heterocycles. The molecule has 0 bridgehead atoms. The summed E-state index contributed by atoms with van der Waals surface area (Å²) in [6, 6.07) is 17.7. The second-order valence-corrected chi connectivity index (χ2v) is 3.43. The van der Waals surface area contributed by atoms with Gasteiger partial charge in [0, 0.05) is 5.02 Å². The van der Waals surface area contributed by atoms with Crippen LogP contribution in [0.2, 0.25) is 5.02 Å². The van der Waals surface area contributed by atoms with Crippen molar-refractivity contribution in [2.75, 3.05) is 0 Å². The molecule has 0 fully saturated rings. The van der Waals surface area contributed by atoms with E-state index in [0.29, 0.717) is 0 Å². The molecule has 0 aromatic heterocycles. The lowest BCUT2D eigenvalue weighted by atomic mass is 10.1. The van der Waals surface area contributed by atoms with Gasteiger partial charge in [-0.3, -0.25) is 0 Å². The maximum absolute atomic E-state index is 5.79. The van der Waals surface area contributed by atoms with E-state index >= 15 is 0 Å². The Bertz CT molecular complexity index is 389. The third kappa shape index (κ3) is 2.36. The van der Waals surface area contributed by atoms with Gasteiger partial charge in [-0.15, -0.1) is 0 Å². The summed E-state index contributed by atoms with van der Waals surface area (Å²) in [6.45, 7) is 0. The molecule has 0 aliphatic carbocycles. The van der Waals surface area contributed by atoms with Gasteiger partial charge in [-0.05, 0) is 23.3 Å². The maximum Gasteiger partial charge on any atom is 0.0501 e. The van der Waals surface area contributed by atoms with E-state index < -0.39 is 0 Å². The third-order valence-corrected chi connectivity index (χ3v) is 2.16. The molecule has 0 saturated carbocycles. The van der Waals surface area contributed by atoms with Crippen LogP contribution in [0.15, 0.2) is 54.6 Å². The van der Waals surface area contributed by atoms with Gasteiger partial charge in [0.1, 0.15) is 0 Å². The van der Waals surface area contributed by atoms with E-state index in [4.69, 9.17) is 11.6 Å². The molecule has 14 heavy (non-hydrogen) atoms. The third-order valence-electron chi connectivity index (χ3n) is 1.91. The highest BCUT2D eigenvalue weighted by Crippen LogP contribution is 2.14. The topological polar surface area (TPSA) is 0 Å². The van der Waals surface area contributed by atoms with E-state index in [1.165, 1.54) is 0 Å². The Labute approximate surface area is 89.2 Å².